The molecule has 2 aliphatic rings. The van der Waals surface area contributed by atoms with E-state index >= 15 is 0 Å². The van der Waals surface area contributed by atoms with Crippen LogP contribution in [0.1, 0.15) is 36.2 Å². The summed E-state index contributed by atoms with van der Waals surface area (Å²) < 4.78 is 24.1. The Morgan fingerprint density at radius 3 is 3.04 bits per heavy atom. The Hall–Kier alpha value is -2.35. The number of aromatic nitrogens is 3. The third kappa shape index (κ3) is 3.26. The van der Waals surface area contributed by atoms with Crippen LogP contribution in [0.2, 0.25) is 0 Å². The Morgan fingerprint density at radius 2 is 2.32 bits per heavy atom. The van der Waals surface area contributed by atoms with Gasteiger partial charge in [-0.05, 0) is 31.9 Å². The van der Waals surface area contributed by atoms with Gasteiger partial charge in [-0.2, -0.15) is 4.98 Å². The molecule has 4 heterocycles. The van der Waals surface area contributed by atoms with Crippen molar-refractivity contribution in [2.24, 2.45) is 0 Å². The van der Waals surface area contributed by atoms with Gasteiger partial charge in [-0.3, -0.25) is 9.78 Å². The summed E-state index contributed by atoms with van der Waals surface area (Å²) in [7, 11) is 0. The Kier molecular flexibility index (Phi) is 4.20. The predicted molar refractivity (Wildman–Crippen MR) is 84.2 cm³/mol. The van der Waals surface area contributed by atoms with E-state index in [2.05, 4.69) is 15.1 Å². The normalized spacial score (nSPS) is 25.8. The first kappa shape index (κ1) is 16.1. The van der Waals surface area contributed by atoms with Crippen LogP contribution in [0.5, 0.6) is 0 Å². The van der Waals surface area contributed by atoms with Crippen LogP contribution in [-0.2, 0) is 16.0 Å². The highest BCUT2D eigenvalue weighted by atomic mass is 19.1. The summed E-state index contributed by atoms with van der Waals surface area (Å²) in [6.45, 7) is 2.93. The molecule has 7 nitrogen and oxygen atoms in total. The predicted octanol–water partition coefficient (Wildman–Crippen LogP) is 1.63. The smallest absolute Gasteiger partial charge is 0.231 e. The summed E-state index contributed by atoms with van der Waals surface area (Å²) in [5, 5.41) is 3.85. The summed E-state index contributed by atoms with van der Waals surface area (Å²) in [6, 6.07) is 2.92. The molecule has 2 fully saturated rings. The number of halogens is 1. The highest BCUT2D eigenvalue weighted by Gasteiger charge is 2.43. The van der Waals surface area contributed by atoms with Crippen LogP contribution in [0.25, 0.3) is 0 Å². The molecule has 0 spiro atoms. The maximum absolute atomic E-state index is 13.0. The van der Waals surface area contributed by atoms with Gasteiger partial charge in [0, 0.05) is 18.8 Å². The number of pyridine rings is 1. The fourth-order valence-electron chi connectivity index (χ4n) is 3.66. The lowest BCUT2D eigenvalue weighted by Gasteiger charge is -2.39. The van der Waals surface area contributed by atoms with E-state index in [1.54, 1.807) is 13.0 Å². The fraction of sp³-hybridized carbons (Fsp3) is 0.529. The average Bonchev–Trinajstić information content (AvgIpc) is 3.24. The molecule has 0 radical (unpaired) electrons. The summed E-state index contributed by atoms with van der Waals surface area (Å²) >= 11 is 0. The number of ether oxygens (including phenoxy) is 1. The van der Waals surface area contributed by atoms with E-state index in [-0.39, 0.29) is 30.4 Å². The van der Waals surface area contributed by atoms with Gasteiger partial charge in [0.15, 0.2) is 5.82 Å². The summed E-state index contributed by atoms with van der Waals surface area (Å²) in [5.41, 5.74) is 0.553. The van der Waals surface area contributed by atoms with Crippen molar-refractivity contribution < 1.29 is 18.4 Å². The van der Waals surface area contributed by atoms with E-state index < -0.39 is 5.82 Å². The number of carbonyl (C=O) groups is 1. The van der Waals surface area contributed by atoms with Gasteiger partial charge >= 0.3 is 0 Å². The molecule has 0 bridgehead atoms. The Morgan fingerprint density at radius 1 is 1.44 bits per heavy atom. The molecule has 8 heteroatoms. The van der Waals surface area contributed by atoms with Crippen LogP contribution in [0.15, 0.2) is 22.9 Å². The van der Waals surface area contributed by atoms with Crippen LogP contribution < -0.4 is 0 Å². The van der Waals surface area contributed by atoms with E-state index in [1.807, 2.05) is 4.90 Å². The van der Waals surface area contributed by atoms with E-state index in [0.29, 0.717) is 30.6 Å². The molecule has 0 saturated carbocycles. The van der Waals surface area contributed by atoms with E-state index in [1.165, 1.54) is 6.07 Å². The van der Waals surface area contributed by atoms with Gasteiger partial charge in [-0.1, -0.05) is 5.16 Å². The lowest BCUT2D eigenvalue weighted by Crippen LogP contribution is -2.52. The van der Waals surface area contributed by atoms with Gasteiger partial charge < -0.3 is 14.2 Å². The SMILES string of the molecule is Cc1noc([C@H]2C[C@H]3OCC[C@H]3N(C(=O)Cc3ccc(F)cn3)C2)n1. The molecule has 2 aromatic heterocycles. The van der Waals surface area contributed by atoms with E-state index in [0.717, 1.165) is 19.0 Å². The van der Waals surface area contributed by atoms with Gasteiger partial charge in [-0.25, -0.2) is 4.39 Å². The molecular formula is C17H19FN4O3. The number of nitrogens with zero attached hydrogens (tertiary/aromatic N) is 4. The number of piperidine rings is 1. The minimum atomic E-state index is -0.412. The average molecular weight is 346 g/mol. The Balaban J connectivity index is 1.53. The zero-order chi connectivity index (χ0) is 17.4. The molecule has 3 atom stereocenters. The van der Waals surface area contributed by atoms with Crippen LogP contribution in [0.4, 0.5) is 4.39 Å². The van der Waals surface area contributed by atoms with Gasteiger partial charge in [0.1, 0.15) is 5.82 Å². The number of carbonyl (C=O) groups excluding carboxylic acids is 1. The summed E-state index contributed by atoms with van der Waals surface area (Å²) in [4.78, 5) is 23.0. The number of hydrogen-bond acceptors (Lipinski definition) is 6. The first-order chi connectivity index (χ1) is 12.1. The molecule has 0 unspecified atom stereocenters. The quantitative estimate of drug-likeness (QED) is 0.840. The van der Waals surface area contributed by atoms with Crippen LogP contribution in [0, 0.1) is 12.7 Å². The zero-order valence-electron chi connectivity index (χ0n) is 13.9. The topological polar surface area (TPSA) is 81.4 Å². The second-order valence-electron chi connectivity index (χ2n) is 6.57. The van der Waals surface area contributed by atoms with Crippen molar-refractivity contribution >= 4 is 5.91 Å². The zero-order valence-corrected chi connectivity index (χ0v) is 13.9. The molecule has 2 aromatic rings. The third-order valence-electron chi connectivity index (χ3n) is 4.84. The van der Waals surface area contributed by atoms with Gasteiger partial charge in [-0.15, -0.1) is 0 Å². The highest BCUT2D eigenvalue weighted by molar-refractivity contribution is 5.79. The van der Waals surface area contributed by atoms with Gasteiger partial charge in [0.25, 0.3) is 0 Å². The number of fused-ring (bicyclic) bond motifs is 1. The maximum atomic E-state index is 13.0. The molecule has 0 aliphatic carbocycles. The van der Waals surface area contributed by atoms with Gasteiger partial charge in [0.05, 0.1) is 30.7 Å². The van der Waals surface area contributed by atoms with Crippen molar-refractivity contribution in [2.45, 2.75) is 44.2 Å². The molecule has 132 valence electrons. The van der Waals surface area contributed by atoms with Crippen molar-refractivity contribution in [3.8, 4) is 0 Å². The highest BCUT2D eigenvalue weighted by Crippen LogP contribution is 2.35. The van der Waals surface area contributed by atoms with Crippen molar-refractivity contribution in [1.82, 2.24) is 20.0 Å². The van der Waals surface area contributed by atoms with Crippen molar-refractivity contribution in [1.29, 1.82) is 0 Å². The van der Waals surface area contributed by atoms with E-state index in [4.69, 9.17) is 9.26 Å². The maximum Gasteiger partial charge on any atom is 0.231 e. The standard InChI is InChI=1S/C17H19FN4O3/c1-10-20-17(25-21-10)11-6-15-14(4-5-24-15)22(9-11)16(23)7-13-3-2-12(18)8-19-13/h2-3,8,11,14-15H,4-7,9H2,1H3/t11-,14+,15+/m0/s1. The van der Waals surface area contributed by atoms with E-state index in [9.17, 15) is 9.18 Å². The molecule has 0 aromatic carbocycles. The second kappa shape index (κ2) is 6.51. The first-order valence-corrected chi connectivity index (χ1v) is 8.42. The number of hydrogen-bond donors (Lipinski definition) is 0. The molecule has 25 heavy (non-hydrogen) atoms. The minimum absolute atomic E-state index is 0.0175. The lowest BCUT2D eigenvalue weighted by molar-refractivity contribution is -0.137. The van der Waals surface area contributed by atoms with Crippen molar-refractivity contribution in [3.63, 3.8) is 0 Å². The molecule has 2 aliphatic heterocycles. The summed E-state index contributed by atoms with van der Waals surface area (Å²) in [5.74, 6) is 0.637. The van der Waals surface area contributed by atoms with Crippen molar-refractivity contribution in [2.75, 3.05) is 13.2 Å². The Bertz CT molecular complexity index is 764. The summed E-state index contributed by atoms with van der Waals surface area (Å²) in [6.07, 6.45) is 2.84. The second-order valence-corrected chi connectivity index (χ2v) is 6.57. The van der Waals surface area contributed by atoms with Crippen LogP contribution in [0.3, 0.4) is 0 Å². The van der Waals surface area contributed by atoms with Crippen LogP contribution in [-0.4, -0.2) is 51.2 Å². The first-order valence-electron chi connectivity index (χ1n) is 8.42. The lowest BCUT2D eigenvalue weighted by atomic mass is 9.89. The van der Waals surface area contributed by atoms with Gasteiger partial charge in [0.2, 0.25) is 11.8 Å². The van der Waals surface area contributed by atoms with Crippen LogP contribution >= 0.6 is 0 Å². The number of amides is 1. The minimum Gasteiger partial charge on any atom is -0.376 e. The monoisotopic (exact) mass is 346 g/mol. The third-order valence-corrected chi connectivity index (χ3v) is 4.84. The molecular weight excluding hydrogens is 327 g/mol. The number of likely N-dealkylation sites (tertiary alicyclic amines) is 1. The number of aryl methyl sites for hydroxylation is 1. The molecule has 0 N–H and O–H groups in total. The Labute approximate surface area is 144 Å². The molecule has 2 saturated heterocycles. The largest absolute Gasteiger partial charge is 0.376 e. The number of rotatable bonds is 3. The molecule has 1 amide bonds. The fourth-order valence-corrected chi connectivity index (χ4v) is 3.66. The molecule has 4 rings (SSSR count). The van der Waals surface area contributed by atoms with Crippen molar-refractivity contribution in [3.05, 3.63) is 41.6 Å².